The van der Waals surface area contributed by atoms with Crippen molar-refractivity contribution >= 4 is 18.2 Å². The highest BCUT2D eigenvalue weighted by Gasteiger charge is 2.04. The maximum atomic E-state index is 2.35. The summed E-state index contributed by atoms with van der Waals surface area (Å²) in [5.74, 6) is 0. The van der Waals surface area contributed by atoms with Crippen molar-refractivity contribution in [2.75, 3.05) is 0 Å². The summed E-state index contributed by atoms with van der Waals surface area (Å²) >= 11 is 0. The van der Waals surface area contributed by atoms with Crippen molar-refractivity contribution in [3.63, 3.8) is 0 Å². The van der Waals surface area contributed by atoms with Gasteiger partial charge in [-0.15, -0.1) is 0 Å². The number of nitrogens with zero attached hydrogens (tertiary/aromatic N) is 1. The zero-order chi connectivity index (χ0) is 12.8. The smallest absolute Gasteiger partial charge is 0.0441 e. The molecule has 0 unspecified atom stereocenters. The molecule has 0 bridgehead atoms. The van der Waals surface area contributed by atoms with Gasteiger partial charge >= 0.3 is 0 Å². The molecule has 0 aliphatic carbocycles. The normalized spacial score (nSPS) is 14.2. The quantitative estimate of drug-likeness (QED) is 0.750. The van der Waals surface area contributed by atoms with Crippen LogP contribution in [0.2, 0.25) is 0 Å². The Hall–Kier alpha value is -1.24. The lowest BCUT2D eigenvalue weighted by molar-refractivity contribution is 0.864. The lowest BCUT2D eigenvalue weighted by atomic mass is 10.2. The molecule has 0 aliphatic heterocycles. The molecule has 17 heavy (non-hydrogen) atoms. The van der Waals surface area contributed by atoms with Crippen LogP contribution in [0.1, 0.15) is 51.3 Å². The van der Waals surface area contributed by atoms with Crippen molar-refractivity contribution in [1.82, 2.24) is 4.57 Å². The average molecular weight is 231 g/mol. The third-order valence-corrected chi connectivity index (χ3v) is 3.21. The maximum Gasteiger partial charge on any atom is 0.0441 e. The second-order valence-corrected chi connectivity index (χ2v) is 4.46. The molecule has 1 aromatic heterocycles. The second-order valence-electron chi connectivity index (χ2n) is 4.46. The fraction of sp³-hybridized carbons (Fsp3) is 0.500. The summed E-state index contributed by atoms with van der Waals surface area (Å²) in [6, 6.07) is 0. The van der Waals surface area contributed by atoms with Gasteiger partial charge in [0.1, 0.15) is 0 Å². The minimum atomic E-state index is 1.09. The van der Waals surface area contributed by atoms with Crippen LogP contribution in [0.5, 0.6) is 0 Å². The van der Waals surface area contributed by atoms with Crippen LogP contribution >= 0.6 is 0 Å². The number of allylic oxidation sites excluding steroid dienone is 1. The first-order valence-corrected chi connectivity index (χ1v) is 6.65. The molecule has 0 saturated carbocycles. The number of hydrogen-bond donors (Lipinski definition) is 0. The Kier molecular flexibility index (Phi) is 5.27. The molecule has 0 spiro atoms. The zero-order valence-corrected chi connectivity index (χ0v) is 11.9. The van der Waals surface area contributed by atoms with Crippen molar-refractivity contribution in [3.8, 4) is 0 Å². The first-order chi connectivity index (χ1) is 8.17. The predicted octanol–water partition coefficient (Wildman–Crippen LogP) is 3.14. The summed E-state index contributed by atoms with van der Waals surface area (Å²) < 4.78 is 2.31. The predicted molar refractivity (Wildman–Crippen MR) is 78.2 cm³/mol. The molecule has 94 valence electrons. The minimum absolute atomic E-state index is 1.09. The number of unbranched alkanes of at least 4 members (excludes halogenated alkanes) is 1. The fourth-order valence-electron chi connectivity index (χ4n) is 2.25. The van der Waals surface area contributed by atoms with Crippen molar-refractivity contribution < 1.29 is 0 Å². The molecular formula is C16H25N. The minimum Gasteiger partial charge on any atom is -0.344 e. The van der Waals surface area contributed by atoms with Crippen molar-refractivity contribution in [2.24, 2.45) is 7.05 Å². The van der Waals surface area contributed by atoms with E-state index in [1.54, 1.807) is 0 Å². The molecule has 1 aromatic rings. The standard InChI is InChI=1S/C16H25N/c1-6-9-11-15-13(4)14(8-3)16(17(15)5)12-10-7-2/h8-9,11-12H,6-7,10H2,1-5H3/b11-9-,14-8-,16-12+. The van der Waals surface area contributed by atoms with Gasteiger partial charge in [-0.3, -0.25) is 0 Å². The van der Waals surface area contributed by atoms with Crippen LogP contribution in [0.3, 0.4) is 0 Å². The van der Waals surface area contributed by atoms with E-state index >= 15 is 0 Å². The summed E-state index contributed by atoms with van der Waals surface area (Å²) in [5.41, 5.74) is 2.73. The van der Waals surface area contributed by atoms with Gasteiger partial charge in [-0.1, -0.05) is 38.5 Å². The Labute approximate surface area is 105 Å². The van der Waals surface area contributed by atoms with E-state index in [2.05, 4.69) is 63.6 Å². The van der Waals surface area contributed by atoms with Crippen LogP contribution in [0.15, 0.2) is 6.08 Å². The van der Waals surface area contributed by atoms with E-state index < -0.39 is 0 Å². The first-order valence-electron chi connectivity index (χ1n) is 6.65. The van der Waals surface area contributed by atoms with Gasteiger partial charge in [-0.25, -0.2) is 0 Å². The lowest BCUT2D eigenvalue weighted by Gasteiger charge is -1.99. The molecule has 0 saturated heterocycles. The summed E-state index contributed by atoms with van der Waals surface area (Å²) in [6.45, 7) is 8.73. The van der Waals surface area contributed by atoms with Gasteiger partial charge in [0.05, 0.1) is 0 Å². The molecule has 1 rings (SSSR count). The topological polar surface area (TPSA) is 4.93 Å². The fourth-order valence-corrected chi connectivity index (χ4v) is 2.25. The average Bonchev–Trinajstić information content (AvgIpc) is 2.55. The van der Waals surface area contributed by atoms with Crippen molar-refractivity contribution in [1.29, 1.82) is 0 Å². The van der Waals surface area contributed by atoms with Gasteiger partial charge < -0.3 is 4.57 Å². The second kappa shape index (κ2) is 6.48. The Balaban J connectivity index is 3.47. The molecular weight excluding hydrogens is 206 g/mol. The highest BCUT2D eigenvalue weighted by Crippen LogP contribution is 2.04. The third-order valence-electron chi connectivity index (χ3n) is 3.21. The highest BCUT2D eigenvalue weighted by molar-refractivity contribution is 5.53. The van der Waals surface area contributed by atoms with Gasteiger partial charge in [0.15, 0.2) is 0 Å². The molecule has 0 fully saturated rings. The molecule has 1 heteroatoms. The van der Waals surface area contributed by atoms with Crippen LogP contribution in [0, 0.1) is 6.92 Å². The molecule has 1 heterocycles. The van der Waals surface area contributed by atoms with Crippen LogP contribution in [-0.4, -0.2) is 4.57 Å². The van der Waals surface area contributed by atoms with E-state index in [1.165, 1.54) is 28.2 Å². The van der Waals surface area contributed by atoms with Gasteiger partial charge in [-0.05, 0) is 43.5 Å². The molecule has 0 N–H and O–H groups in total. The maximum absolute atomic E-state index is 2.35. The van der Waals surface area contributed by atoms with E-state index in [1.807, 2.05) is 0 Å². The highest BCUT2D eigenvalue weighted by atomic mass is 14.9. The molecule has 0 aromatic carbocycles. The van der Waals surface area contributed by atoms with E-state index in [-0.39, 0.29) is 0 Å². The number of hydrogen-bond acceptors (Lipinski definition) is 0. The molecule has 0 aliphatic rings. The molecule has 0 amide bonds. The Bertz CT molecular complexity index is 501. The lowest BCUT2D eigenvalue weighted by Crippen LogP contribution is -2.28. The summed E-state index contributed by atoms with van der Waals surface area (Å²) in [4.78, 5) is 0. The third kappa shape index (κ3) is 2.91. The van der Waals surface area contributed by atoms with E-state index in [4.69, 9.17) is 0 Å². The van der Waals surface area contributed by atoms with Gasteiger partial charge in [0.25, 0.3) is 0 Å². The van der Waals surface area contributed by atoms with Gasteiger partial charge in [0.2, 0.25) is 0 Å². The van der Waals surface area contributed by atoms with Crippen LogP contribution in [0.4, 0.5) is 0 Å². The SMILES string of the molecule is C/C=c1/c(C)c(/C=C\CC)n(C)/c1=C/CCC. The van der Waals surface area contributed by atoms with Crippen LogP contribution in [-0.2, 0) is 7.05 Å². The molecule has 0 atom stereocenters. The zero-order valence-electron chi connectivity index (χ0n) is 11.9. The van der Waals surface area contributed by atoms with Crippen molar-refractivity contribution in [3.05, 3.63) is 27.9 Å². The summed E-state index contributed by atoms with van der Waals surface area (Å²) in [6.07, 6.45) is 12.5. The largest absolute Gasteiger partial charge is 0.344 e. The van der Waals surface area contributed by atoms with Gasteiger partial charge in [-0.2, -0.15) is 0 Å². The monoisotopic (exact) mass is 231 g/mol. The van der Waals surface area contributed by atoms with Gasteiger partial charge in [0, 0.05) is 18.1 Å². The summed E-state index contributed by atoms with van der Waals surface area (Å²) in [7, 11) is 2.16. The van der Waals surface area contributed by atoms with E-state index in [9.17, 15) is 0 Å². The van der Waals surface area contributed by atoms with E-state index in [0.717, 1.165) is 12.8 Å². The number of aromatic nitrogens is 1. The molecule has 1 nitrogen and oxygen atoms in total. The van der Waals surface area contributed by atoms with Crippen molar-refractivity contribution in [2.45, 2.75) is 47.0 Å². The summed E-state index contributed by atoms with van der Waals surface area (Å²) in [5, 5.41) is 2.75. The van der Waals surface area contributed by atoms with E-state index in [0.29, 0.717) is 0 Å². The molecule has 0 radical (unpaired) electrons. The van der Waals surface area contributed by atoms with Crippen LogP contribution in [0.25, 0.3) is 18.2 Å². The number of rotatable bonds is 4. The Morgan fingerprint density at radius 3 is 2.47 bits per heavy atom. The Morgan fingerprint density at radius 2 is 1.94 bits per heavy atom. The Morgan fingerprint density at radius 1 is 1.24 bits per heavy atom. The first kappa shape index (κ1) is 13.8. The van der Waals surface area contributed by atoms with Crippen LogP contribution < -0.4 is 10.6 Å².